The molecule has 0 fully saturated rings. The van der Waals surface area contributed by atoms with Crippen LogP contribution in [0.5, 0.6) is 11.5 Å². The summed E-state index contributed by atoms with van der Waals surface area (Å²) in [6, 6.07) is 6.17. The fraction of sp³-hybridized carbons (Fsp3) is 0.500. The summed E-state index contributed by atoms with van der Waals surface area (Å²) in [5.74, 6) is 1.75. The van der Waals surface area contributed by atoms with Crippen LogP contribution >= 0.6 is 0 Å². The van der Waals surface area contributed by atoms with Gasteiger partial charge in [0.05, 0.1) is 0 Å². The highest BCUT2D eigenvalue weighted by Gasteiger charge is 2.11. The summed E-state index contributed by atoms with van der Waals surface area (Å²) in [6.07, 6.45) is 3.28. The van der Waals surface area contributed by atoms with E-state index >= 15 is 0 Å². The average Bonchev–Trinajstić information content (AvgIpc) is 2.29. The Hall–Kier alpha value is -1.22. The van der Waals surface area contributed by atoms with Crippen LogP contribution in [0.2, 0.25) is 0 Å². The molecule has 0 radical (unpaired) electrons. The molecule has 0 aliphatic carbocycles. The van der Waals surface area contributed by atoms with E-state index < -0.39 is 0 Å². The summed E-state index contributed by atoms with van der Waals surface area (Å²) in [4.78, 5) is 0. The molecule has 0 aromatic heterocycles. The number of ether oxygens (including phenoxy) is 2. The van der Waals surface area contributed by atoms with E-state index in [0.717, 1.165) is 37.3 Å². The molecule has 2 rings (SSSR count). The second-order valence-electron chi connectivity index (χ2n) is 3.72. The SMILES string of the molecule is NCCCCc1ccc2c(c1)OCCO2. The van der Waals surface area contributed by atoms with Gasteiger partial charge in [-0.3, -0.25) is 0 Å². The molecule has 1 aromatic rings. The summed E-state index contributed by atoms with van der Waals surface area (Å²) in [6.45, 7) is 2.07. The number of unbranched alkanes of at least 4 members (excludes halogenated alkanes) is 1. The normalized spacial score (nSPS) is 13.9. The van der Waals surface area contributed by atoms with Crippen LogP contribution in [0, 0.1) is 0 Å². The summed E-state index contributed by atoms with van der Waals surface area (Å²) in [5.41, 5.74) is 6.76. The number of hydrogen-bond acceptors (Lipinski definition) is 3. The third kappa shape index (κ3) is 2.63. The standard InChI is InChI=1S/C12H17NO2/c13-6-2-1-3-10-4-5-11-12(9-10)15-8-7-14-11/h4-5,9H,1-3,6-8,13H2. The van der Waals surface area contributed by atoms with Crippen molar-refractivity contribution < 1.29 is 9.47 Å². The molecular formula is C12H17NO2. The van der Waals surface area contributed by atoms with Crippen molar-refractivity contribution in [1.29, 1.82) is 0 Å². The van der Waals surface area contributed by atoms with Gasteiger partial charge in [0.1, 0.15) is 13.2 Å². The molecule has 3 heteroatoms. The van der Waals surface area contributed by atoms with Crippen molar-refractivity contribution in [2.24, 2.45) is 5.73 Å². The highest BCUT2D eigenvalue weighted by molar-refractivity contribution is 5.43. The van der Waals surface area contributed by atoms with Crippen LogP contribution < -0.4 is 15.2 Å². The van der Waals surface area contributed by atoms with Crippen LogP contribution in [0.4, 0.5) is 0 Å². The third-order valence-corrected chi connectivity index (χ3v) is 2.53. The van der Waals surface area contributed by atoms with Crippen LogP contribution in [0.15, 0.2) is 18.2 Å². The van der Waals surface area contributed by atoms with E-state index in [1.807, 2.05) is 6.07 Å². The largest absolute Gasteiger partial charge is 0.486 e. The van der Waals surface area contributed by atoms with Gasteiger partial charge in [0.15, 0.2) is 11.5 Å². The minimum Gasteiger partial charge on any atom is -0.486 e. The summed E-state index contributed by atoms with van der Waals surface area (Å²) >= 11 is 0. The summed E-state index contributed by atoms with van der Waals surface area (Å²) in [7, 11) is 0. The Morgan fingerprint density at radius 1 is 1.07 bits per heavy atom. The molecule has 1 aliphatic rings. The van der Waals surface area contributed by atoms with Crippen LogP contribution in [0.3, 0.4) is 0 Å². The lowest BCUT2D eigenvalue weighted by atomic mass is 10.1. The zero-order valence-electron chi connectivity index (χ0n) is 8.87. The fourth-order valence-corrected chi connectivity index (χ4v) is 1.72. The third-order valence-electron chi connectivity index (χ3n) is 2.53. The predicted octanol–water partition coefficient (Wildman–Crippen LogP) is 1.74. The van der Waals surface area contributed by atoms with Gasteiger partial charge < -0.3 is 15.2 Å². The van der Waals surface area contributed by atoms with Crippen molar-refractivity contribution in [3.8, 4) is 11.5 Å². The van der Waals surface area contributed by atoms with Gasteiger partial charge >= 0.3 is 0 Å². The maximum absolute atomic E-state index is 5.52. The number of nitrogens with two attached hydrogens (primary N) is 1. The maximum Gasteiger partial charge on any atom is 0.161 e. The minimum absolute atomic E-state index is 0.652. The lowest BCUT2D eigenvalue weighted by Crippen LogP contribution is -2.15. The first-order chi connectivity index (χ1) is 7.40. The van der Waals surface area contributed by atoms with Gasteiger partial charge in [-0.1, -0.05) is 6.07 Å². The lowest BCUT2D eigenvalue weighted by Gasteiger charge is -2.18. The van der Waals surface area contributed by atoms with Gasteiger partial charge in [-0.25, -0.2) is 0 Å². The van der Waals surface area contributed by atoms with E-state index in [2.05, 4.69) is 12.1 Å². The first kappa shape index (κ1) is 10.3. The molecule has 1 aliphatic heterocycles. The molecule has 1 heterocycles. The summed E-state index contributed by atoms with van der Waals surface area (Å²) in [5, 5.41) is 0. The predicted molar refractivity (Wildman–Crippen MR) is 59.4 cm³/mol. The van der Waals surface area contributed by atoms with Crippen molar-refractivity contribution in [3.63, 3.8) is 0 Å². The second-order valence-corrected chi connectivity index (χ2v) is 3.72. The number of rotatable bonds is 4. The average molecular weight is 207 g/mol. The van der Waals surface area contributed by atoms with Gasteiger partial charge in [0.2, 0.25) is 0 Å². The zero-order chi connectivity index (χ0) is 10.5. The lowest BCUT2D eigenvalue weighted by molar-refractivity contribution is 0.171. The highest BCUT2D eigenvalue weighted by Crippen LogP contribution is 2.31. The van der Waals surface area contributed by atoms with Crippen LogP contribution in [-0.4, -0.2) is 19.8 Å². The molecule has 0 saturated carbocycles. The molecule has 0 bridgehead atoms. The van der Waals surface area contributed by atoms with Crippen molar-refractivity contribution in [1.82, 2.24) is 0 Å². The van der Waals surface area contributed by atoms with E-state index in [1.54, 1.807) is 0 Å². The van der Waals surface area contributed by atoms with Crippen molar-refractivity contribution in [3.05, 3.63) is 23.8 Å². The molecule has 0 saturated heterocycles. The monoisotopic (exact) mass is 207 g/mol. The molecule has 0 unspecified atom stereocenters. The quantitative estimate of drug-likeness (QED) is 0.765. The van der Waals surface area contributed by atoms with Gasteiger partial charge in [0.25, 0.3) is 0 Å². The Balaban J connectivity index is 2.00. The Labute approximate surface area is 90.2 Å². The molecular weight excluding hydrogens is 190 g/mol. The van der Waals surface area contributed by atoms with E-state index in [9.17, 15) is 0 Å². The van der Waals surface area contributed by atoms with Gasteiger partial charge in [0, 0.05) is 0 Å². The Morgan fingerprint density at radius 2 is 1.87 bits per heavy atom. The van der Waals surface area contributed by atoms with E-state index in [1.165, 1.54) is 5.56 Å². The molecule has 3 nitrogen and oxygen atoms in total. The smallest absolute Gasteiger partial charge is 0.161 e. The number of benzene rings is 1. The van der Waals surface area contributed by atoms with Gasteiger partial charge in [-0.05, 0) is 43.5 Å². The Morgan fingerprint density at radius 3 is 2.67 bits per heavy atom. The molecule has 0 atom stereocenters. The Bertz CT molecular complexity index is 325. The minimum atomic E-state index is 0.652. The molecule has 0 amide bonds. The van der Waals surface area contributed by atoms with E-state index in [0.29, 0.717) is 13.2 Å². The maximum atomic E-state index is 5.52. The van der Waals surface area contributed by atoms with Crippen LogP contribution in [0.25, 0.3) is 0 Å². The first-order valence-corrected chi connectivity index (χ1v) is 5.49. The highest BCUT2D eigenvalue weighted by atomic mass is 16.6. The topological polar surface area (TPSA) is 44.5 Å². The first-order valence-electron chi connectivity index (χ1n) is 5.49. The van der Waals surface area contributed by atoms with E-state index in [4.69, 9.17) is 15.2 Å². The van der Waals surface area contributed by atoms with Crippen molar-refractivity contribution in [2.75, 3.05) is 19.8 Å². The molecule has 1 aromatic carbocycles. The summed E-state index contributed by atoms with van der Waals surface area (Å²) < 4.78 is 11.0. The van der Waals surface area contributed by atoms with Crippen molar-refractivity contribution >= 4 is 0 Å². The molecule has 2 N–H and O–H groups in total. The Kier molecular flexibility index (Phi) is 3.45. The molecule has 0 spiro atoms. The second kappa shape index (κ2) is 5.03. The van der Waals surface area contributed by atoms with E-state index in [-0.39, 0.29) is 0 Å². The van der Waals surface area contributed by atoms with Gasteiger partial charge in [-0.2, -0.15) is 0 Å². The number of fused-ring (bicyclic) bond motifs is 1. The van der Waals surface area contributed by atoms with Crippen molar-refractivity contribution in [2.45, 2.75) is 19.3 Å². The number of hydrogen-bond donors (Lipinski definition) is 1. The fourth-order valence-electron chi connectivity index (χ4n) is 1.72. The zero-order valence-corrected chi connectivity index (χ0v) is 8.87. The van der Waals surface area contributed by atoms with Gasteiger partial charge in [-0.15, -0.1) is 0 Å². The van der Waals surface area contributed by atoms with Crippen LogP contribution in [0.1, 0.15) is 18.4 Å². The molecule has 15 heavy (non-hydrogen) atoms. The van der Waals surface area contributed by atoms with Crippen LogP contribution in [-0.2, 0) is 6.42 Å². The number of aryl methyl sites for hydroxylation is 1. The molecule has 82 valence electrons.